The van der Waals surface area contributed by atoms with Crippen LogP contribution in [0.4, 0.5) is 5.82 Å². The normalized spacial score (nSPS) is 18.0. The molecule has 2 saturated heterocycles. The molecule has 2 aliphatic heterocycles. The Morgan fingerprint density at radius 3 is 2.58 bits per heavy atom. The highest BCUT2D eigenvalue weighted by atomic mass is 32.1. The summed E-state index contributed by atoms with van der Waals surface area (Å²) in [5.74, 6) is 1.49. The highest BCUT2D eigenvalue weighted by Gasteiger charge is 2.35. The first-order chi connectivity index (χ1) is 18.3. The molecule has 0 bridgehead atoms. The van der Waals surface area contributed by atoms with Gasteiger partial charge in [-0.3, -0.25) is 14.6 Å². The molecule has 10 heteroatoms. The standard InChI is InChI=1S/C28H35N7O2S/c1-18-22(17-33-8-10-35(11-9-33)28(2,3)27(29)36)38-24-23(18)31-25(32-26(24)34-12-14-37-15-13-34)20-16-30-21-7-5-4-6-19(20)21/h4-7,16,30H,8-15,17H2,1-3H3,(H2,29,36). The summed E-state index contributed by atoms with van der Waals surface area (Å²) < 4.78 is 6.79. The molecule has 4 aromatic rings. The SMILES string of the molecule is Cc1c(CN2CCN(C(C)(C)C(N)=O)CC2)sc2c(N3CCOCC3)nc(-c3c[nH]c4ccccc34)nc12. The van der Waals surface area contributed by atoms with Crippen LogP contribution in [0.5, 0.6) is 0 Å². The lowest BCUT2D eigenvalue weighted by Crippen LogP contribution is -2.59. The first-order valence-electron chi connectivity index (χ1n) is 13.3. The first-order valence-corrected chi connectivity index (χ1v) is 14.1. The molecule has 5 heterocycles. The summed E-state index contributed by atoms with van der Waals surface area (Å²) in [6.07, 6.45) is 2.02. The number of benzene rings is 1. The number of nitrogens with zero attached hydrogens (tertiary/aromatic N) is 5. The van der Waals surface area contributed by atoms with Crippen LogP contribution >= 0.6 is 11.3 Å². The van der Waals surface area contributed by atoms with E-state index in [0.717, 1.165) is 84.1 Å². The minimum absolute atomic E-state index is 0.272. The van der Waals surface area contributed by atoms with E-state index in [9.17, 15) is 4.79 Å². The Morgan fingerprint density at radius 1 is 1.11 bits per heavy atom. The average Bonchev–Trinajstić information content (AvgIpc) is 3.50. The van der Waals surface area contributed by atoms with E-state index in [0.29, 0.717) is 13.2 Å². The maximum Gasteiger partial charge on any atom is 0.237 e. The zero-order valence-corrected chi connectivity index (χ0v) is 23.1. The Labute approximate surface area is 226 Å². The van der Waals surface area contributed by atoms with E-state index in [-0.39, 0.29) is 5.91 Å². The van der Waals surface area contributed by atoms with Crippen molar-refractivity contribution in [3.05, 3.63) is 40.9 Å². The lowest BCUT2D eigenvalue weighted by Gasteiger charge is -2.42. The molecule has 9 nitrogen and oxygen atoms in total. The van der Waals surface area contributed by atoms with Gasteiger partial charge in [0, 0.05) is 73.4 Å². The number of rotatable bonds is 6. The number of para-hydroxylation sites is 1. The van der Waals surface area contributed by atoms with Crippen molar-refractivity contribution in [2.75, 3.05) is 57.4 Å². The largest absolute Gasteiger partial charge is 0.378 e. The van der Waals surface area contributed by atoms with Crippen LogP contribution in [-0.2, 0) is 16.1 Å². The van der Waals surface area contributed by atoms with Crippen LogP contribution in [0.25, 0.3) is 32.5 Å². The number of hydrogen-bond acceptors (Lipinski definition) is 8. The fraction of sp³-hybridized carbons (Fsp3) is 0.464. The fourth-order valence-electron chi connectivity index (χ4n) is 5.46. The third-order valence-corrected chi connectivity index (χ3v) is 9.38. The molecule has 38 heavy (non-hydrogen) atoms. The van der Waals surface area contributed by atoms with Crippen molar-refractivity contribution in [3.8, 4) is 11.4 Å². The Hall–Kier alpha value is -3.05. The van der Waals surface area contributed by atoms with Crippen LogP contribution in [0.3, 0.4) is 0 Å². The van der Waals surface area contributed by atoms with Crippen LogP contribution in [0.2, 0.25) is 0 Å². The molecule has 0 unspecified atom stereocenters. The summed E-state index contributed by atoms with van der Waals surface area (Å²) in [6.45, 7) is 13.4. The van der Waals surface area contributed by atoms with Gasteiger partial charge in [0.25, 0.3) is 0 Å². The van der Waals surface area contributed by atoms with Crippen LogP contribution in [0.1, 0.15) is 24.3 Å². The van der Waals surface area contributed by atoms with E-state index in [1.165, 1.54) is 10.4 Å². The number of ether oxygens (including phenoxy) is 1. The smallest absolute Gasteiger partial charge is 0.237 e. The Kier molecular flexibility index (Phi) is 6.59. The number of thiophene rings is 1. The molecule has 6 rings (SSSR count). The molecular formula is C28H35N7O2S. The fourth-order valence-corrected chi connectivity index (χ4v) is 6.76. The molecule has 3 N–H and O–H groups in total. The zero-order valence-electron chi connectivity index (χ0n) is 22.3. The van der Waals surface area contributed by atoms with Gasteiger partial charge in [-0.2, -0.15) is 0 Å². The lowest BCUT2D eigenvalue weighted by molar-refractivity contribution is -0.129. The number of H-pyrrole nitrogens is 1. The van der Waals surface area contributed by atoms with Crippen molar-refractivity contribution in [3.63, 3.8) is 0 Å². The number of primary amides is 1. The minimum atomic E-state index is -0.624. The number of nitrogens with two attached hydrogens (primary N) is 1. The second-order valence-corrected chi connectivity index (χ2v) is 11.8. The van der Waals surface area contributed by atoms with Crippen molar-refractivity contribution >= 4 is 44.2 Å². The summed E-state index contributed by atoms with van der Waals surface area (Å²) in [4.78, 5) is 33.9. The van der Waals surface area contributed by atoms with Crippen molar-refractivity contribution in [1.82, 2.24) is 24.8 Å². The maximum absolute atomic E-state index is 11.9. The van der Waals surface area contributed by atoms with E-state index in [1.807, 2.05) is 37.4 Å². The summed E-state index contributed by atoms with van der Waals surface area (Å²) in [5.41, 5.74) is 9.40. The summed E-state index contributed by atoms with van der Waals surface area (Å²) >= 11 is 1.81. The predicted octanol–water partition coefficient (Wildman–Crippen LogP) is 3.37. The third-order valence-electron chi connectivity index (χ3n) is 8.12. The van der Waals surface area contributed by atoms with E-state index in [4.69, 9.17) is 20.4 Å². The van der Waals surface area contributed by atoms with E-state index < -0.39 is 5.54 Å². The molecule has 2 aliphatic rings. The summed E-state index contributed by atoms with van der Waals surface area (Å²) in [7, 11) is 0. The third kappa shape index (κ3) is 4.45. The van der Waals surface area contributed by atoms with Gasteiger partial charge in [-0.1, -0.05) is 18.2 Å². The average molecular weight is 534 g/mol. The van der Waals surface area contributed by atoms with Gasteiger partial charge in [0.15, 0.2) is 11.6 Å². The number of fused-ring (bicyclic) bond motifs is 2. The van der Waals surface area contributed by atoms with Gasteiger partial charge >= 0.3 is 0 Å². The van der Waals surface area contributed by atoms with Gasteiger partial charge in [-0.15, -0.1) is 11.3 Å². The quantitative estimate of drug-likeness (QED) is 0.392. The van der Waals surface area contributed by atoms with Crippen LogP contribution < -0.4 is 10.6 Å². The van der Waals surface area contributed by atoms with Crippen LogP contribution in [-0.4, -0.2) is 88.7 Å². The monoisotopic (exact) mass is 533 g/mol. The summed E-state index contributed by atoms with van der Waals surface area (Å²) in [6, 6.07) is 8.29. The van der Waals surface area contributed by atoms with Crippen molar-refractivity contribution < 1.29 is 9.53 Å². The highest BCUT2D eigenvalue weighted by Crippen LogP contribution is 2.39. The number of carbonyl (C=O) groups excluding carboxylic acids is 1. The number of amides is 1. The summed E-state index contributed by atoms with van der Waals surface area (Å²) in [5, 5.41) is 1.13. The molecular weight excluding hydrogens is 498 g/mol. The number of morpholine rings is 1. The zero-order chi connectivity index (χ0) is 26.4. The molecule has 0 saturated carbocycles. The van der Waals surface area contributed by atoms with Crippen LogP contribution in [0.15, 0.2) is 30.5 Å². The minimum Gasteiger partial charge on any atom is -0.378 e. The number of aromatic amines is 1. The van der Waals surface area contributed by atoms with Gasteiger partial charge in [-0.05, 0) is 32.4 Å². The molecule has 0 aliphatic carbocycles. The molecule has 1 amide bonds. The molecule has 0 atom stereocenters. The lowest BCUT2D eigenvalue weighted by atomic mass is 10.0. The van der Waals surface area contributed by atoms with Crippen molar-refractivity contribution in [2.45, 2.75) is 32.9 Å². The molecule has 200 valence electrons. The van der Waals surface area contributed by atoms with Gasteiger partial charge in [-0.25, -0.2) is 9.97 Å². The number of hydrogen-bond donors (Lipinski definition) is 2. The van der Waals surface area contributed by atoms with Crippen molar-refractivity contribution in [1.29, 1.82) is 0 Å². The second kappa shape index (κ2) is 9.92. The van der Waals surface area contributed by atoms with Crippen molar-refractivity contribution in [2.24, 2.45) is 5.73 Å². The van der Waals surface area contributed by atoms with E-state index >= 15 is 0 Å². The molecule has 1 aromatic carbocycles. The molecule has 2 fully saturated rings. The number of aromatic nitrogens is 3. The number of piperazine rings is 1. The Balaban J connectivity index is 1.34. The van der Waals surface area contributed by atoms with E-state index in [2.05, 4.69) is 44.8 Å². The molecule has 0 spiro atoms. The number of anilines is 1. The van der Waals surface area contributed by atoms with Gasteiger partial charge in [0.2, 0.25) is 5.91 Å². The van der Waals surface area contributed by atoms with Gasteiger partial charge in [0.1, 0.15) is 0 Å². The maximum atomic E-state index is 11.9. The van der Waals surface area contributed by atoms with Gasteiger partial charge < -0.3 is 20.4 Å². The Bertz CT molecular complexity index is 1480. The number of aryl methyl sites for hydroxylation is 1. The molecule has 0 radical (unpaired) electrons. The number of nitrogens with one attached hydrogen (secondary N) is 1. The van der Waals surface area contributed by atoms with Gasteiger partial charge in [0.05, 0.1) is 29.0 Å². The molecule has 3 aromatic heterocycles. The topological polar surface area (TPSA) is 104 Å². The van der Waals surface area contributed by atoms with Crippen LogP contribution in [0, 0.1) is 6.92 Å². The second-order valence-electron chi connectivity index (χ2n) is 10.7. The number of carbonyl (C=O) groups is 1. The van der Waals surface area contributed by atoms with E-state index in [1.54, 1.807) is 0 Å². The Morgan fingerprint density at radius 2 is 1.84 bits per heavy atom. The first kappa shape index (κ1) is 25.2. The highest BCUT2D eigenvalue weighted by molar-refractivity contribution is 7.19. The predicted molar refractivity (Wildman–Crippen MR) is 153 cm³/mol.